The lowest BCUT2D eigenvalue weighted by molar-refractivity contribution is -0.122. The lowest BCUT2D eigenvalue weighted by Crippen LogP contribution is -2.53. The predicted octanol–water partition coefficient (Wildman–Crippen LogP) is 2.72. The molecule has 2 N–H and O–H groups in total. The maximum Gasteiger partial charge on any atom is 0.319 e. The van der Waals surface area contributed by atoms with Crippen LogP contribution in [0.3, 0.4) is 0 Å². The Labute approximate surface area is 200 Å². The molecule has 2 heterocycles. The molecule has 1 atom stereocenters. The topological polar surface area (TPSA) is 80.9 Å². The van der Waals surface area contributed by atoms with Crippen LogP contribution in [0.1, 0.15) is 17.0 Å². The lowest BCUT2D eigenvalue weighted by atomic mass is 9.90. The summed E-state index contributed by atoms with van der Waals surface area (Å²) < 4.78 is 5.32. The molecule has 34 heavy (non-hydrogen) atoms. The van der Waals surface area contributed by atoms with Gasteiger partial charge in [-0.05, 0) is 29.3 Å². The SMILES string of the molecule is COc1ccc(C(CNC(=O)CN2CCN(C(=O)N(C)C)CC2)c2c[nH]c3ccccc23)cc1. The molecule has 180 valence electrons. The van der Waals surface area contributed by atoms with Gasteiger partial charge in [0.2, 0.25) is 5.91 Å². The van der Waals surface area contributed by atoms with Gasteiger partial charge in [-0.1, -0.05) is 30.3 Å². The van der Waals surface area contributed by atoms with Crippen LogP contribution in [-0.2, 0) is 4.79 Å². The number of H-pyrrole nitrogens is 1. The van der Waals surface area contributed by atoms with Crippen LogP contribution in [0.4, 0.5) is 4.79 Å². The van der Waals surface area contributed by atoms with Crippen molar-refractivity contribution in [3.8, 4) is 5.75 Å². The van der Waals surface area contributed by atoms with Crippen LogP contribution in [0.2, 0.25) is 0 Å². The molecule has 2 aromatic carbocycles. The standard InChI is InChI=1S/C26H33N5O3/c1-29(2)26(33)31-14-12-30(13-15-31)18-25(32)28-16-22(19-8-10-20(34-3)11-9-19)23-17-27-24-7-5-4-6-21(23)24/h4-11,17,22,27H,12-16,18H2,1-3H3,(H,28,32). The second-order valence-corrected chi connectivity index (χ2v) is 8.86. The number of benzene rings is 2. The van der Waals surface area contributed by atoms with Crippen molar-refractivity contribution < 1.29 is 14.3 Å². The van der Waals surface area contributed by atoms with Crippen molar-refractivity contribution in [3.63, 3.8) is 0 Å². The summed E-state index contributed by atoms with van der Waals surface area (Å²) in [6.07, 6.45) is 2.03. The average molecular weight is 464 g/mol. The number of urea groups is 1. The molecule has 1 fully saturated rings. The molecule has 1 aromatic heterocycles. The molecule has 0 aliphatic carbocycles. The fraction of sp³-hybridized carbons (Fsp3) is 0.385. The summed E-state index contributed by atoms with van der Waals surface area (Å²) in [4.78, 5) is 33.8. The summed E-state index contributed by atoms with van der Waals surface area (Å²) in [5, 5.41) is 4.30. The van der Waals surface area contributed by atoms with Gasteiger partial charge in [0.15, 0.2) is 0 Å². The largest absolute Gasteiger partial charge is 0.497 e. The van der Waals surface area contributed by atoms with E-state index in [0.717, 1.165) is 27.8 Å². The normalized spacial score (nSPS) is 15.2. The number of ether oxygens (including phenoxy) is 1. The summed E-state index contributed by atoms with van der Waals surface area (Å²) in [5.74, 6) is 0.795. The summed E-state index contributed by atoms with van der Waals surface area (Å²) in [5.41, 5.74) is 3.34. The third-order valence-electron chi connectivity index (χ3n) is 6.41. The number of piperazine rings is 1. The molecule has 1 aliphatic rings. The number of methoxy groups -OCH3 is 1. The van der Waals surface area contributed by atoms with E-state index in [2.05, 4.69) is 39.5 Å². The molecule has 0 spiro atoms. The Morgan fingerprint density at radius 2 is 1.76 bits per heavy atom. The van der Waals surface area contributed by atoms with E-state index >= 15 is 0 Å². The zero-order chi connectivity index (χ0) is 24.1. The molecule has 8 heteroatoms. The molecule has 0 saturated carbocycles. The summed E-state index contributed by atoms with van der Waals surface area (Å²) in [6, 6.07) is 16.2. The Kier molecular flexibility index (Phi) is 7.37. The van der Waals surface area contributed by atoms with E-state index in [4.69, 9.17) is 4.74 Å². The number of carbonyl (C=O) groups excluding carboxylic acids is 2. The number of fused-ring (bicyclic) bond motifs is 1. The first kappa shape index (κ1) is 23.6. The van der Waals surface area contributed by atoms with Crippen LogP contribution >= 0.6 is 0 Å². The number of carbonyl (C=O) groups is 2. The first-order chi connectivity index (χ1) is 16.5. The maximum atomic E-state index is 12.8. The number of para-hydroxylation sites is 1. The van der Waals surface area contributed by atoms with Crippen LogP contribution in [0.25, 0.3) is 10.9 Å². The number of rotatable bonds is 7. The van der Waals surface area contributed by atoms with E-state index in [1.165, 1.54) is 0 Å². The van der Waals surface area contributed by atoms with Crippen LogP contribution in [-0.4, -0.2) is 92.1 Å². The zero-order valence-corrected chi connectivity index (χ0v) is 20.1. The minimum atomic E-state index is -0.00857. The Balaban J connectivity index is 1.42. The van der Waals surface area contributed by atoms with Gasteiger partial charge in [0.05, 0.1) is 13.7 Å². The monoisotopic (exact) mass is 463 g/mol. The molecule has 3 amide bonds. The van der Waals surface area contributed by atoms with Crippen molar-refractivity contribution >= 4 is 22.8 Å². The first-order valence-electron chi connectivity index (χ1n) is 11.6. The Morgan fingerprint density at radius 3 is 2.44 bits per heavy atom. The minimum Gasteiger partial charge on any atom is -0.497 e. The van der Waals surface area contributed by atoms with Gasteiger partial charge < -0.3 is 24.8 Å². The van der Waals surface area contributed by atoms with Gasteiger partial charge in [-0.2, -0.15) is 0 Å². The second-order valence-electron chi connectivity index (χ2n) is 8.86. The fourth-order valence-corrected chi connectivity index (χ4v) is 4.48. The van der Waals surface area contributed by atoms with Crippen molar-refractivity contribution in [2.24, 2.45) is 0 Å². The number of hydrogen-bond donors (Lipinski definition) is 2. The molecule has 3 aromatic rings. The quantitative estimate of drug-likeness (QED) is 0.565. The molecule has 4 rings (SSSR count). The van der Waals surface area contributed by atoms with E-state index < -0.39 is 0 Å². The second kappa shape index (κ2) is 10.6. The molecule has 8 nitrogen and oxygen atoms in total. The van der Waals surface area contributed by atoms with Gasteiger partial charge in [0.1, 0.15) is 5.75 Å². The predicted molar refractivity (Wildman–Crippen MR) is 133 cm³/mol. The third kappa shape index (κ3) is 5.34. The summed E-state index contributed by atoms with van der Waals surface area (Å²) >= 11 is 0. The number of hydrogen-bond acceptors (Lipinski definition) is 4. The molecule has 0 bridgehead atoms. The van der Waals surface area contributed by atoms with Crippen LogP contribution in [0.5, 0.6) is 5.75 Å². The van der Waals surface area contributed by atoms with Crippen LogP contribution in [0.15, 0.2) is 54.7 Å². The molecule has 1 unspecified atom stereocenters. The average Bonchev–Trinajstić information content (AvgIpc) is 3.28. The van der Waals surface area contributed by atoms with Crippen molar-refractivity contribution in [2.75, 3.05) is 60.5 Å². The number of nitrogens with one attached hydrogen (secondary N) is 2. The third-order valence-corrected chi connectivity index (χ3v) is 6.41. The lowest BCUT2D eigenvalue weighted by Gasteiger charge is -2.35. The number of aromatic nitrogens is 1. The van der Waals surface area contributed by atoms with Gasteiger partial charge in [-0.25, -0.2) is 4.79 Å². The minimum absolute atomic E-state index is 0.000524. The summed E-state index contributed by atoms with van der Waals surface area (Å²) in [6.45, 7) is 3.47. The molecule has 1 aliphatic heterocycles. The number of amides is 3. The highest BCUT2D eigenvalue weighted by Gasteiger charge is 2.24. The highest BCUT2D eigenvalue weighted by molar-refractivity contribution is 5.84. The van der Waals surface area contributed by atoms with E-state index in [0.29, 0.717) is 39.3 Å². The number of aromatic amines is 1. The molecule has 0 radical (unpaired) electrons. The highest BCUT2D eigenvalue weighted by Crippen LogP contribution is 2.31. The van der Waals surface area contributed by atoms with E-state index in [9.17, 15) is 9.59 Å². The van der Waals surface area contributed by atoms with E-state index in [-0.39, 0.29) is 17.9 Å². The Hall–Kier alpha value is -3.52. The van der Waals surface area contributed by atoms with Gasteiger partial charge in [0.25, 0.3) is 0 Å². The van der Waals surface area contributed by atoms with Crippen molar-refractivity contribution in [1.29, 1.82) is 0 Å². The van der Waals surface area contributed by atoms with Crippen LogP contribution in [0, 0.1) is 0 Å². The Morgan fingerprint density at radius 1 is 1.06 bits per heavy atom. The van der Waals surface area contributed by atoms with E-state index in [1.54, 1.807) is 26.1 Å². The van der Waals surface area contributed by atoms with Gasteiger partial charge >= 0.3 is 6.03 Å². The number of nitrogens with zero attached hydrogens (tertiary/aromatic N) is 3. The summed E-state index contributed by atoms with van der Waals surface area (Å²) in [7, 11) is 5.17. The van der Waals surface area contributed by atoms with Crippen LogP contribution < -0.4 is 10.1 Å². The maximum absolute atomic E-state index is 12.8. The van der Waals surface area contributed by atoms with Gasteiger partial charge in [-0.15, -0.1) is 0 Å². The molecular weight excluding hydrogens is 430 g/mol. The van der Waals surface area contributed by atoms with Crippen molar-refractivity contribution in [3.05, 3.63) is 65.9 Å². The zero-order valence-electron chi connectivity index (χ0n) is 20.1. The Bertz CT molecular complexity index is 1120. The highest BCUT2D eigenvalue weighted by atomic mass is 16.5. The van der Waals surface area contributed by atoms with Gasteiger partial charge in [-0.3, -0.25) is 9.69 Å². The van der Waals surface area contributed by atoms with Gasteiger partial charge in [0, 0.05) is 69.8 Å². The fourth-order valence-electron chi connectivity index (χ4n) is 4.48. The smallest absolute Gasteiger partial charge is 0.319 e. The molecule has 1 saturated heterocycles. The van der Waals surface area contributed by atoms with Crippen molar-refractivity contribution in [2.45, 2.75) is 5.92 Å². The van der Waals surface area contributed by atoms with Crippen molar-refractivity contribution in [1.82, 2.24) is 25.0 Å². The van der Waals surface area contributed by atoms with E-state index in [1.807, 2.05) is 35.4 Å². The molecular formula is C26H33N5O3. The first-order valence-corrected chi connectivity index (χ1v) is 11.6.